The van der Waals surface area contributed by atoms with E-state index in [9.17, 15) is 4.79 Å². The van der Waals surface area contributed by atoms with Crippen LogP contribution in [0, 0.1) is 6.92 Å². The Balaban J connectivity index is 2.16. The second-order valence-electron chi connectivity index (χ2n) is 4.19. The van der Waals surface area contributed by atoms with Crippen molar-refractivity contribution in [3.63, 3.8) is 0 Å². The van der Waals surface area contributed by atoms with Crippen LogP contribution in [0.5, 0.6) is 0 Å². The fourth-order valence-electron chi connectivity index (χ4n) is 2.16. The molecule has 1 fully saturated rings. The molecule has 92 valence electrons. The number of hydrogen-bond acceptors (Lipinski definition) is 4. The number of nitrogens with zero attached hydrogens (tertiary/aromatic N) is 3. The van der Waals surface area contributed by atoms with E-state index in [0.717, 1.165) is 19.4 Å². The average Bonchev–Trinajstić information content (AvgIpc) is 2.83. The van der Waals surface area contributed by atoms with Crippen molar-refractivity contribution in [2.24, 2.45) is 0 Å². The molecule has 0 aromatic carbocycles. The highest BCUT2D eigenvalue weighted by atomic mass is 16.2. The van der Waals surface area contributed by atoms with Crippen molar-refractivity contribution in [3.05, 3.63) is 23.8 Å². The molecular formula is C12H18N4O. The minimum absolute atomic E-state index is 0.0163. The third kappa shape index (κ3) is 2.61. The van der Waals surface area contributed by atoms with Gasteiger partial charge in [-0.2, -0.15) is 0 Å². The highest BCUT2D eigenvalue weighted by molar-refractivity contribution is 5.92. The van der Waals surface area contributed by atoms with Gasteiger partial charge in [-0.25, -0.2) is 9.97 Å². The lowest BCUT2D eigenvalue weighted by atomic mass is 10.2. The highest BCUT2D eigenvalue weighted by Crippen LogP contribution is 2.13. The second-order valence-corrected chi connectivity index (χ2v) is 4.19. The maximum Gasteiger partial charge on any atom is 0.273 e. The third-order valence-corrected chi connectivity index (χ3v) is 3.01. The van der Waals surface area contributed by atoms with Gasteiger partial charge < -0.3 is 4.90 Å². The second kappa shape index (κ2) is 5.23. The van der Waals surface area contributed by atoms with Gasteiger partial charge in [0, 0.05) is 12.7 Å². The van der Waals surface area contributed by atoms with Gasteiger partial charge >= 0.3 is 0 Å². The van der Waals surface area contributed by atoms with Gasteiger partial charge in [-0.15, -0.1) is 0 Å². The summed E-state index contributed by atoms with van der Waals surface area (Å²) >= 11 is 0. The predicted octanol–water partition coefficient (Wildman–Crippen LogP) is 0.957. The Labute approximate surface area is 101 Å². The zero-order valence-electron chi connectivity index (χ0n) is 10.3. The lowest BCUT2D eigenvalue weighted by Crippen LogP contribution is -2.45. The monoisotopic (exact) mass is 234 g/mol. The van der Waals surface area contributed by atoms with E-state index in [0.29, 0.717) is 18.1 Å². The standard InChI is InChI=1S/C12H18N4O/c1-3-16(11-5-4-7-14-11)12(17)10-6-8-13-9(2)15-10/h6,8,11,14H,3-5,7H2,1-2H3. The number of amides is 1. The molecule has 1 unspecified atom stereocenters. The molecule has 17 heavy (non-hydrogen) atoms. The third-order valence-electron chi connectivity index (χ3n) is 3.01. The van der Waals surface area contributed by atoms with Gasteiger partial charge in [0.05, 0.1) is 6.17 Å². The van der Waals surface area contributed by atoms with Crippen molar-refractivity contribution in [2.45, 2.75) is 32.9 Å². The molecule has 1 aromatic heterocycles. The van der Waals surface area contributed by atoms with E-state index in [1.165, 1.54) is 0 Å². The number of nitrogens with one attached hydrogen (secondary N) is 1. The van der Waals surface area contributed by atoms with Gasteiger partial charge in [0.15, 0.2) is 0 Å². The number of carbonyl (C=O) groups excluding carboxylic acids is 1. The Morgan fingerprint density at radius 3 is 3.06 bits per heavy atom. The predicted molar refractivity (Wildman–Crippen MR) is 64.5 cm³/mol. The summed E-state index contributed by atoms with van der Waals surface area (Å²) in [4.78, 5) is 22.3. The topological polar surface area (TPSA) is 58.1 Å². The first kappa shape index (κ1) is 12.0. The molecule has 1 amide bonds. The van der Waals surface area contributed by atoms with E-state index in [-0.39, 0.29) is 12.1 Å². The van der Waals surface area contributed by atoms with E-state index in [4.69, 9.17) is 0 Å². The van der Waals surface area contributed by atoms with Crippen LogP contribution in [0.1, 0.15) is 36.1 Å². The summed E-state index contributed by atoms with van der Waals surface area (Å²) in [7, 11) is 0. The van der Waals surface area contributed by atoms with Crippen molar-refractivity contribution in [2.75, 3.05) is 13.1 Å². The first-order valence-electron chi connectivity index (χ1n) is 6.06. The molecule has 5 nitrogen and oxygen atoms in total. The number of hydrogen-bond donors (Lipinski definition) is 1. The Morgan fingerprint density at radius 1 is 1.65 bits per heavy atom. The van der Waals surface area contributed by atoms with Crippen LogP contribution in [0.3, 0.4) is 0 Å². The Morgan fingerprint density at radius 2 is 2.47 bits per heavy atom. The molecule has 1 aromatic rings. The summed E-state index contributed by atoms with van der Waals surface area (Å²) < 4.78 is 0. The summed E-state index contributed by atoms with van der Waals surface area (Å²) in [5, 5.41) is 3.33. The van der Waals surface area contributed by atoms with Gasteiger partial charge in [0.2, 0.25) is 0 Å². The number of aromatic nitrogens is 2. The number of carbonyl (C=O) groups is 1. The van der Waals surface area contributed by atoms with E-state index in [2.05, 4.69) is 15.3 Å². The lowest BCUT2D eigenvalue weighted by molar-refractivity contribution is 0.0667. The zero-order valence-corrected chi connectivity index (χ0v) is 10.3. The van der Waals surface area contributed by atoms with Crippen molar-refractivity contribution < 1.29 is 4.79 Å². The van der Waals surface area contributed by atoms with Crippen LogP contribution in [0.2, 0.25) is 0 Å². The van der Waals surface area contributed by atoms with Gasteiger partial charge in [0.25, 0.3) is 5.91 Å². The fourth-order valence-corrected chi connectivity index (χ4v) is 2.16. The van der Waals surface area contributed by atoms with E-state index in [1.807, 2.05) is 11.8 Å². The first-order valence-corrected chi connectivity index (χ1v) is 6.06. The van der Waals surface area contributed by atoms with Crippen LogP contribution in [0.15, 0.2) is 12.3 Å². The Hall–Kier alpha value is -1.49. The molecule has 2 heterocycles. The molecule has 1 atom stereocenters. The Kier molecular flexibility index (Phi) is 3.68. The number of aryl methyl sites for hydroxylation is 1. The zero-order chi connectivity index (χ0) is 12.3. The maximum absolute atomic E-state index is 12.3. The van der Waals surface area contributed by atoms with Crippen LogP contribution in [0.25, 0.3) is 0 Å². The van der Waals surface area contributed by atoms with Crippen LogP contribution in [0.4, 0.5) is 0 Å². The average molecular weight is 234 g/mol. The molecule has 0 aliphatic carbocycles. The fraction of sp³-hybridized carbons (Fsp3) is 0.583. The molecule has 0 saturated carbocycles. The van der Waals surface area contributed by atoms with E-state index >= 15 is 0 Å². The van der Waals surface area contributed by atoms with Crippen molar-refractivity contribution >= 4 is 5.91 Å². The molecule has 1 aliphatic heterocycles. The summed E-state index contributed by atoms with van der Waals surface area (Å²) in [6.45, 7) is 5.46. The minimum Gasteiger partial charge on any atom is -0.322 e. The van der Waals surface area contributed by atoms with Crippen molar-refractivity contribution in [1.82, 2.24) is 20.2 Å². The quantitative estimate of drug-likeness (QED) is 0.846. The molecule has 5 heteroatoms. The van der Waals surface area contributed by atoms with Crippen LogP contribution in [-0.2, 0) is 0 Å². The molecule has 2 rings (SSSR count). The number of rotatable bonds is 3. The molecule has 1 saturated heterocycles. The molecule has 0 radical (unpaired) electrons. The van der Waals surface area contributed by atoms with Crippen LogP contribution < -0.4 is 5.32 Å². The van der Waals surface area contributed by atoms with Gasteiger partial charge in [-0.3, -0.25) is 10.1 Å². The summed E-state index contributed by atoms with van der Waals surface area (Å²) in [5.41, 5.74) is 0.480. The molecule has 0 bridgehead atoms. The lowest BCUT2D eigenvalue weighted by Gasteiger charge is -2.27. The molecular weight excluding hydrogens is 216 g/mol. The highest BCUT2D eigenvalue weighted by Gasteiger charge is 2.26. The van der Waals surface area contributed by atoms with Crippen molar-refractivity contribution in [1.29, 1.82) is 0 Å². The summed E-state index contributed by atoms with van der Waals surface area (Å²) in [6.07, 6.45) is 3.93. The van der Waals surface area contributed by atoms with Crippen molar-refractivity contribution in [3.8, 4) is 0 Å². The van der Waals surface area contributed by atoms with Gasteiger partial charge in [0.1, 0.15) is 11.5 Å². The van der Waals surface area contributed by atoms with Crippen LogP contribution in [-0.4, -0.2) is 40.0 Å². The van der Waals surface area contributed by atoms with Gasteiger partial charge in [-0.1, -0.05) is 0 Å². The normalized spacial score (nSPS) is 19.3. The molecule has 0 spiro atoms. The van der Waals surface area contributed by atoms with Gasteiger partial charge in [-0.05, 0) is 39.3 Å². The van der Waals surface area contributed by atoms with Crippen LogP contribution >= 0.6 is 0 Å². The molecule has 1 aliphatic rings. The largest absolute Gasteiger partial charge is 0.322 e. The van der Waals surface area contributed by atoms with E-state index in [1.54, 1.807) is 19.2 Å². The minimum atomic E-state index is -0.0163. The SMILES string of the molecule is CCN(C(=O)c1ccnc(C)n1)C1CCCN1. The Bertz CT molecular complexity index is 401. The smallest absolute Gasteiger partial charge is 0.273 e. The summed E-state index contributed by atoms with van der Waals surface area (Å²) in [5.74, 6) is 0.615. The maximum atomic E-state index is 12.3. The summed E-state index contributed by atoms with van der Waals surface area (Å²) in [6, 6.07) is 1.67. The molecule has 1 N–H and O–H groups in total. The first-order chi connectivity index (χ1) is 8.22. The van der Waals surface area contributed by atoms with E-state index < -0.39 is 0 Å².